The maximum atomic E-state index is 11.8. The van der Waals surface area contributed by atoms with E-state index in [9.17, 15) is 18.0 Å². The van der Waals surface area contributed by atoms with Gasteiger partial charge in [0.25, 0.3) is 0 Å². The Bertz CT molecular complexity index is 484. The molecule has 0 saturated heterocycles. The SMILES string of the molecule is O=C(/N=c1/ccn(O)c(Cl)c1)NCC(F)(F)F. The van der Waals surface area contributed by atoms with Crippen molar-refractivity contribution in [3.63, 3.8) is 0 Å². The predicted molar refractivity (Wildman–Crippen MR) is 51.6 cm³/mol. The molecule has 0 aliphatic heterocycles. The Hall–Kier alpha value is -1.70. The van der Waals surface area contributed by atoms with E-state index < -0.39 is 18.8 Å². The molecular weight excluding hydrogens is 263 g/mol. The van der Waals surface area contributed by atoms with E-state index in [1.54, 1.807) is 5.32 Å². The fraction of sp³-hybridized carbons (Fsp3) is 0.250. The highest BCUT2D eigenvalue weighted by Gasteiger charge is 2.27. The van der Waals surface area contributed by atoms with Crippen LogP contribution in [-0.2, 0) is 0 Å². The molecule has 94 valence electrons. The summed E-state index contributed by atoms with van der Waals surface area (Å²) in [5.41, 5.74) is 0. The smallest absolute Gasteiger partial charge is 0.405 e. The van der Waals surface area contributed by atoms with Gasteiger partial charge in [-0.25, -0.2) is 4.79 Å². The van der Waals surface area contributed by atoms with E-state index in [1.807, 2.05) is 0 Å². The highest BCUT2D eigenvalue weighted by Crippen LogP contribution is 2.12. The number of carbonyl (C=O) groups excluding carboxylic acids is 1. The minimum absolute atomic E-state index is 0.0278. The number of hydrogen-bond donors (Lipinski definition) is 2. The fourth-order valence-electron chi connectivity index (χ4n) is 0.857. The third kappa shape index (κ3) is 4.77. The van der Waals surface area contributed by atoms with Gasteiger partial charge in [-0.15, -0.1) is 0 Å². The van der Waals surface area contributed by atoms with Crippen LogP contribution < -0.4 is 10.7 Å². The second-order valence-electron chi connectivity index (χ2n) is 2.94. The molecule has 0 bridgehead atoms. The second-order valence-corrected chi connectivity index (χ2v) is 3.33. The molecule has 0 unspecified atom stereocenters. The Kier molecular flexibility index (Phi) is 4.00. The third-order valence-corrected chi connectivity index (χ3v) is 1.83. The minimum Gasteiger partial charge on any atom is -0.428 e. The summed E-state index contributed by atoms with van der Waals surface area (Å²) in [6.45, 7) is -1.46. The van der Waals surface area contributed by atoms with Gasteiger partial charge < -0.3 is 10.5 Å². The van der Waals surface area contributed by atoms with Crippen LogP contribution in [0, 0.1) is 0 Å². The number of carbonyl (C=O) groups is 1. The highest BCUT2D eigenvalue weighted by atomic mass is 35.5. The first kappa shape index (κ1) is 13.4. The lowest BCUT2D eigenvalue weighted by Crippen LogP contribution is -2.32. The van der Waals surface area contributed by atoms with Crippen LogP contribution >= 0.6 is 11.6 Å². The Morgan fingerprint density at radius 1 is 1.59 bits per heavy atom. The molecule has 0 saturated carbocycles. The van der Waals surface area contributed by atoms with Gasteiger partial charge in [0.1, 0.15) is 11.7 Å². The number of alkyl halides is 3. The van der Waals surface area contributed by atoms with E-state index in [0.717, 1.165) is 12.3 Å². The molecule has 0 radical (unpaired) electrons. The van der Waals surface area contributed by atoms with Gasteiger partial charge >= 0.3 is 12.2 Å². The lowest BCUT2D eigenvalue weighted by Gasteiger charge is -2.05. The second kappa shape index (κ2) is 5.09. The van der Waals surface area contributed by atoms with E-state index in [0.29, 0.717) is 4.73 Å². The molecule has 0 aliphatic rings. The topological polar surface area (TPSA) is 66.6 Å². The van der Waals surface area contributed by atoms with E-state index in [4.69, 9.17) is 16.8 Å². The first-order valence-corrected chi connectivity index (χ1v) is 4.62. The molecule has 2 N–H and O–H groups in total. The summed E-state index contributed by atoms with van der Waals surface area (Å²) in [4.78, 5) is 14.3. The Balaban J connectivity index is 2.75. The first-order chi connectivity index (χ1) is 7.78. The zero-order valence-corrected chi connectivity index (χ0v) is 8.96. The number of rotatable bonds is 1. The van der Waals surface area contributed by atoms with Gasteiger partial charge in [0.15, 0.2) is 0 Å². The van der Waals surface area contributed by atoms with E-state index in [1.165, 1.54) is 6.07 Å². The van der Waals surface area contributed by atoms with Crippen LogP contribution in [-0.4, -0.2) is 28.7 Å². The van der Waals surface area contributed by atoms with Crippen LogP contribution in [0.3, 0.4) is 0 Å². The summed E-state index contributed by atoms with van der Waals surface area (Å²) in [6.07, 6.45) is -3.40. The fourth-order valence-corrected chi connectivity index (χ4v) is 1.02. The molecule has 0 atom stereocenters. The molecule has 2 amide bonds. The monoisotopic (exact) mass is 269 g/mol. The van der Waals surface area contributed by atoms with Crippen molar-refractivity contribution < 1.29 is 23.2 Å². The van der Waals surface area contributed by atoms with Gasteiger partial charge in [-0.2, -0.15) is 22.9 Å². The van der Waals surface area contributed by atoms with Gasteiger partial charge in [0, 0.05) is 12.3 Å². The molecule has 1 aromatic rings. The van der Waals surface area contributed by atoms with Crippen molar-refractivity contribution in [3.05, 3.63) is 28.8 Å². The maximum absolute atomic E-state index is 11.8. The molecule has 0 spiro atoms. The summed E-state index contributed by atoms with van der Waals surface area (Å²) in [6, 6.07) is 1.18. The summed E-state index contributed by atoms with van der Waals surface area (Å²) >= 11 is 5.49. The summed E-state index contributed by atoms with van der Waals surface area (Å²) in [5.74, 6) is 0. The number of pyridine rings is 1. The number of urea groups is 1. The summed E-state index contributed by atoms with van der Waals surface area (Å²) in [5, 5.41) is 10.4. The van der Waals surface area contributed by atoms with Crippen molar-refractivity contribution in [1.82, 2.24) is 10.0 Å². The predicted octanol–water partition coefficient (Wildman–Crippen LogP) is 1.55. The largest absolute Gasteiger partial charge is 0.428 e. The van der Waals surface area contributed by atoms with Crippen LogP contribution in [0.2, 0.25) is 5.15 Å². The van der Waals surface area contributed by atoms with E-state index in [-0.39, 0.29) is 10.5 Å². The minimum atomic E-state index is -4.49. The number of amides is 2. The maximum Gasteiger partial charge on any atom is 0.405 e. The number of nitrogens with zero attached hydrogens (tertiary/aromatic N) is 2. The molecule has 5 nitrogen and oxygen atoms in total. The van der Waals surface area contributed by atoms with Gasteiger partial charge in [0.2, 0.25) is 0 Å². The molecule has 0 fully saturated rings. The Labute approximate surface area is 98.1 Å². The highest BCUT2D eigenvalue weighted by molar-refractivity contribution is 6.29. The van der Waals surface area contributed by atoms with Gasteiger partial charge in [-0.1, -0.05) is 11.6 Å². The Morgan fingerprint density at radius 3 is 2.76 bits per heavy atom. The van der Waals surface area contributed by atoms with Crippen LogP contribution in [0.25, 0.3) is 0 Å². The van der Waals surface area contributed by atoms with Gasteiger partial charge in [-0.05, 0) is 6.07 Å². The molecular formula is C8H7ClF3N3O2. The van der Waals surface area contributed by atoms with Crippen molar-refractivity contribution in [2.24, 2.45) is 4.99 Å². The van der Waals surface area contributed by atoms with Crippen LogP contribution in [0.4, 0.5) is 18.0 Å². The van der Waals surface area contributed by atoms with Crippen LogP contribution in [0.5, 0.6) is 0 Å². The summed E-state index contributed by atoms with van der Waals surface area (Å²) in [7, 11) is 0. The summed E-state index contributed by atoms with van der Waals surface area (Å²) < 4.78 is 35.8. The third-order valence-electron chi connectivity index (χ3n) is 1.54. The molecule has 9 heteroatoms. The number of aromatic nitrogens is 1. The molecule has 1 aromatic heterocycles. The van der Waals surface area contributed by atoms with Crippen LogP contribution in [0.1, 0.15) is 0 Å². The molecule has 0 aromatic carbocycles. The van der Waals surface area contributed by atoms with Crippen molar-refractivity contribution in [1.29, 1.82) is 0 Å². The van der Waals surface area contributed by atoms with Crippen molar-refractivity contribution in [3.8, 4) is 0 Å². The normalized spacial score (nSPS) is 12.6. The Morgan fingerprint density at radius 2 is 2.24 bits per heavy atom. The number of nitrogens with one attached hydrogen (secondary N) is 1. The first-order valence-electron chi connectivity index (χ1n) is 4.25. The van der Waals surface area contributed by atoms with Gasteiger partial charge in [-0.3, -0.25) is 0 Å². The van der Waals surface area contributed by atoms with Crippen molar-refractivity contribution >= 4 is 17.6 Å². The zero-order valence-electron chi connectivity index (χ0n) is 8.20. The average molecular weight is 270 g/mol. The molecule has 1 heterocycles. The zero-order chi connectivity index (χ0) is 13.1. The average Bonchev–Trinajstić information content (AvgIpc) is 2.20. The van der Waals surface area contributed by atoms with Crippen molar-refractivity contribution in [2.45, 2.75) is 6.18 Å². The van der Waals surface area contributed by atoms with E-state index >= 15 is 0 Å². The van der Waals surface area contributed by atoms with E-state index in [2.05, 4.69) is 4.99 Å². The quantitative estimate of drug-likeness (QED) is 0.600. The standard InChI is InChI=1S/C8H7ClF3N3O2/c9-6-3-5(1-2-15(6)17)14-7(16)13-4-8(10,11)12/h1-3,17H,4H2,(H,13,16)/b14-5-. The van der Waals surface area contributed by atoms with Crippen LogP contribution in [0.15, 0.2) is 23.3 Å². The molecule has 0 aliphatic carbocycles. The molecule has 17 heavy (non-hydrogen) atoms. The lowest BCUT2D eigenvalue weighted by molar-refractivity contribution is -0.122. The lowest BCUT2D eigenvalue weighted by atomic mass is 10.5. The van der Waals surface area contributed by atoms with Gasteiger partial charge in [0.05, 0.1) is 5.36 Å². The number of halogens is 4. The van der Waals surface area contributed by atoms with Crippen molar-refractivity contribution in [2.75, 3.05) is 6.54 Å². The number of hydrogen-bond acceptors (Lipinski definition) is 2. The molecule has 1 rings (SSSR count).